The lowest BCUT2D eigenvalue weighted by molar-refractivity contribution is 1.23. The Morgan fingerprint density at radius 1 is 1.33 bits per heavy atom. The molecule has 0 aliphatic carbocycles. The number of hydrogen-bond acceptors (Lipinski definition) is 3. The second kappa shape index (κ2) is 4.31. The molecule has 0 spiro atoms. The normalized spacial score (nSPS) is 10.2. The Hall–Kier alpha value is -1.55. The molecule has 2 rings (SSSR count). The molecule has 2 N–H and O–H groups in total. The Balaban J connectivity index is 2.52. The van der Waals surface area contributed by atoms with Gasteiger partial charge in [0.15, 0.2) is 0 Å². The number of benzene rings is 1. The van der Waals surface area contributed by atoms with Crippen molar-refractivity contribution in [2.45, 2.75) is 6.92 Å². The summed E-state index contributed by atoms with van der Waals surface area (Å²) < 4.78 is 2.74. The summed E-state index contributed by atoms with van der Waals surface area (Å²) in [4.78, 5) is 11.6. The zero-order valence-corrected chi connectivity index (χ0v) is 9.23. The molecule has 0 bridgehead atoms. The molecule has 0 amide bonds. The smallest absolute Gasteiger partial charge is 0.268 e. The van der Waals surface area contributed by atoms with Gasteiger partial charge in [-0.15, -0.1) is 0 Å². The molecule has 0 radical (unpaired) electrons. The van der Waals surface area contributed by atoms with Crippen LogP contribution >= 0.6 is 11.5 Å². The third-order valence-electron chi connectivity index (χ3n) is 2.10. The quantitative estimate of drug-likeness (QED) is 0.835. The number of aromatic nitrogens is 1. The van der Waals surface area contributed by atoms with Crippen molar-refractivity contribution in [3.05, 3.63) is 40.7 Å². The van der Waals surface area contributed by atoms with Crippen LogP contribution in [0.2, 0.25) is 0 Å². The molecular weight excluding hydrogens is 208 g/mol. The van der Waals surface area contributed by atoms with Crippen molar-refractivity contribution >= 4 is 16.5 Å². The van der Waals surface area contributed by atoms with E-state index in [0.717, 1.165) is 22.7 Å². The van der Waals surface area contributed by atoms with Crippen LogP contribution in [0.25, 0.3) is 11.1 Å². The van der Waals surface area contributed by atoms with Gasteiger partial charge < -0.3 is 5.32 Å². The highest BCUT2D eigenvalue weighted by atomic mass is 32.1. The second-order valence-electron chi connectivity index (χ2n) is 3.13. The van der Waals surface area contributed by atoms with Crippen molar-refractivity contribution in [2.75, 3.05) is 11.9 Å². The van der Waals surface area contributed by atoms with Gasteiger partial charge >= 0.3 is 0 Å². The molecule has 0 unspecified atom stereocenters. The Morgan fingerprint density at radius 2 is 2.07 bits per heavy atom. The van der Waals surface area contributed by atoms with Crippen LogP contribution in [0.15, 0.2) is 35.1 Å². The standard InChI is InChI=1S/C11H12N2OS/c1-2-12-11-9(10(14)13-15-11)8-6-4-3-5-7-8/h3-7,12H,2H2,1H3,(H,13,14). The van der Waals surface area contributed by atoms with Crippen LogP contribution in [-0.4, -0.2) is 10.9 Å². The third kappa shape index (κ3) is 1.94. The fourth-order valence-corrected chi connectivity index (χ4v) is 2.28. The van der Waals surface area contributed by atoms with E-state index in [4.69, 9.17) is 0 Å². The maximum atomic E-state index is 11.6. The van der Waals surface area contributed by atoms with Gasteiger partial charge in [0.25, 0.3) is 5.56 Å². The van der Waals surface area contributed by atoms with Gasteiger partial charge in [0, 0.05) is 6.54 Å². The van der Waals surface area contributed by atoms with Crippen LogP contribution in [-0.2, 0) is 0 Å². The van der Waals surface area contributed by atoms with Gasteiger partial charge in [-0.05, 0) is 24.0 Å². The van der Waals surface area contributed by atoms with Crippen LogP contribution in [0.5, 0.6) is 0 Å². The summed E-state index contributed by atoms with van der Waals surface area (Å²) in [5.41, 5.74) is 1.67. The van der Waals surface area contributed by atoms with E-state index in [-0.39, 0.29) is 5.56 Å². The molecule has 1 aromatic heterocycles. The van der Waals surface area contributed by atoms with Crippen molar-refractivity contribution in [2.24, 2.45) is 0 Å². The molecule has 0 saturated heterocycles. The SMILES string of the molecule is CCNc1s[nH]c(=O)c1-c1ccccc1. The zero-order chi connectivity index (χ0) is 10.7. The van der Waals surface area contributed by atoms with E-state index >= 15 is 0 Å². The molecule has 4 heteroatoms. The molecule has 1 heterocycles. The molecule has 0 fully saturated rings. The van der Waals surface area contributed by atoms with E-state index in [9.17, 15) is 4.79 Å². The molecule has 3 nitrogen and oxygen atoms in total. The maximum absolute atomic E-state index is 11.6. The van der Waals surface area contributed by atoms with E-state index in [1.54, 1.807) is 0 Å². The summed E-state index contributed by atoms with van der Waals surface area (Å²) in [7, 11) is 0. The molecule has 0 aliphatic rings. The minimum absolute atomic E-state index is 0.0258. The van der Waals surface area contributed by atoms with E-state index in [1.165, 1.54) is 11.5 Å². The monoisotopic (exact) mass is 220 g/mol. The summed E-state index contributed by atoms with van der Waals surface area (Å²) in [5, 5.41) is 4.09. The largest absolute Gasteiger partial charge is 0.375 e. The highest BCUT2D eigenvalue weighted by Gasteiger charge is 2.10. The van der Waals surface area contributed by atoms with Crippen molar-refractivity contribution < 1.29 is 0 Å². The van der Waals surface area contributed by atoms with Gasteiger partial charge in [-0.25, -0.2) is 0 Å². The highest BCUT2D eigenvalue weighted by molar-refractivity contribution is 7.10. The number of H-pyrrole nitrogens is 1. The first kappa shape index (κ1) is 9.98. The van der Waals surface area contributed by atoms with Gasteiger partial charge in [0.1, 0.15) is 5.00 Å². The van der Waals surface area contributed by atoms with Crippen LogP contribution in [0.3, 0.4) is 0 Å². The van der Waals surface area contributed by atoms with Gasteiger partial charge in [0.05, 0.1) is 5.56 Å². The van der Waals surface area contributed by atoms with Crippen molar-refractivity contribution in [3.8, 4) is 11.1 Å². The lowest BCUT2D eigenvalue weighted by Gasteiger charge is -2.02. The van der Waals surface area contributed by atoms with Gasteiger partial charge in [-0.2, -0.15) is 0 Å². The van der Waals surface area contributed by atoms with E-state index in [1.807, 2.05) is 37.3 Å². The summed E-state index contributed by atoms with van der Waals surface area (Å²) in [6.45, 7) is 2.83. The number of hydrogen-bond donors (Lipinski definition) is 2. The average molecular weight is 220 g/mol. The fourth-order valence-electron chi connectivity index (χ4n) is 1.45. The summed E-state index contributed by atoms with van der Waals surface area (Å²) in [5.74, 6) is 0. The molecule has 0 atom stereocenters. The summed E-state index contributed by atoms with van der Waals surface area (Å²) in [6, 6.07) is 9.69. The van der Waals surface area contributed by atoms with Crippen LogP contribution in [0.1, 0.15) is 6.92 Å². The van der Waals surface area contributed by atoms with Gasteiger partial charge in [-0.1, -0.05) is 30.3 Å². The first-order valence-electron chi connectivity index (χ1n) is 4.83. The average Bonchev–Trinajstić information content (AvgIpc) is 2.62. The third-order valence-corrected chi connectivity index (χ3v) is 2.94. The lowest BCUT2D eigenvalue weighted by atomic mass is 10.1. The Morgan fingerprint density at radius 3 is 2.73 bits per heavy atom. The van der Waals surface area contributed by atoms with Gasteiger partial charge in [-0.3, -0.25) is 9.17 Å². The Labute approximate surface area is 91.9 Å². The lowest BCUT2D eigenvalue weighted by Crippen LogP contribution is -2.03. The van der Waals surface area contributed by atoms with Crippen LogP contribution in [0, 0.1) is 0 Å². The summed E-state index contributed by atoms with van der Waals surface area (Å²) in [6.07, 6.45) is 0. The Kier molecular flexibility index (Phi) is 2.87. The predicted octanol–water partition coefficient (Wildman–Crippen LogP) is 2.54. The van der Waals surface area contributed by atoms with E-state index in [0.29, 0.717) is 0 Å². The molecule has 15 heavy (non-hydrogen) atoms. The maximum Gasteiger partial charge on any atom is 0.268 e. The van der Waals surface area contributed by atoms with Crippen LogP contribution in [0.4, 0.5) is 5.00 Å². The highest BCUT2D eigenvalue weighted by Crippen LogP contribution is 2.26. The van der Waals surface area contributed by atoms with Gasteiger partial charge in [0.2, 0.25) is 0 Å². The van der Waals surface area contributed by atoms with Crippen molar-refractivity contribution in [3.63, 3.8) is 0 Å². The molecular formula is C11H12N2OS. The summed E-state index contributed by atoms with van der Waals surface area (Å²) >= 11 is 1.35. The fraction of sp³-hybridized carbons (Fsp3) is 0.182. The minimum atomic E-state index is -0.0258. The first-order valence-corrected chi connectivity index (χ1v) is 5.65. The minimum Gasteiger partial charge on any atom is -0.375 e. The topological polar surface area (TPSA) is 44.9 Å². The molecule has 1 aromatic carbocycles. The predicted molar refractivity (Wildman–Crippen MR) is 64.5 cm³/mol. The molecule has 78 valence electrons. The van der Waals surface area contributed by atoms with Crippen molar-refractivity contribution in [1.29, 1.82) is 0 Å². The molecule has 2 aromatic rings. The number of anilines is 1. The van der Waals surface area contributed by atoms with E-state index < -0.39 is 0 Å². The zero-order valence-electron chi connectivity index (χ0n) is 8.41. The number of aromatic amines is 1. The van der Waals surface area contributed by atoms with Crippen LogP contribution < -0.4 is 10.9 Å². The molecule has 0 saturated carbocycles. The molecule has 0 aliphatic heterocycles. The van der Waals surface area contributed by atoms with Crippen molar-refractivity contribution in [1.82, 2.24) is 4.37 Å². The second-order valence-corrected chi connectivity index (χ2v) is 3.95. The first-order chi connectivity index (χ1) is 7.33. The Bertz CT molecular complexity index is 487. The number of rotatable bonds is 3. The number of nitrogens with one attached hydrogen (secondary N) is 2. The van der Waals surface area contributed by atoms with E-state index in [2.05, 4.69) is 9.69 Å².